The van der Waals surface area contributed by atoms with Gasteiger partial charge >= 0.3 is 0 Å². The van der Waals surface area contributed by atoms with Gasteiger partial charge in [0.1, 0.15) is 5.76 Å². The quantitative estimate of drug-likeness (QED) is 0.626. The molecule has 150 valence electrons. The second-order valence-corrected chi connectivity index (χ2v) is 7.94. The Bertz CT molecular complexity index is 950. The molecule has 0 amide bonds. The molecule has 2 saturated heterocycles. The maximum Gasteiger partial charge on any atom is 0.170 e. The van der Waals surface area contributed by atoms with E-state index in [1.54, 1.807) is 6.26 Å². The molecule has 0 spiro atoms. The van der Waals surface area contributed by atoms with Gasteiger partial charge in [0, 0.05) is 31.2 Å². The lowest BCUT2D eigenvalue weighted by Crippen LogP contribution is -2.30. The number of thiocarbonyl (C=S) groups is 1. The molecule has 5 heterocycles. The van der Waals surface area contributed by atoms with E-state index >= 15 is 0 Å². The van der Waals surface area contributed by atoms with Crippen molar-refractivity contribution in [1.29, 1.82) is 0 Å². The highest BCUT2D eigenvalue weighted by molar-refractivity contribution is 7.80. The van der Waals surface area contributed by atoms with E-state index in [4.69, 9.17) is 21.4 Å². The van der Waals surface area contributed by atoms with E-state index in [2.05, 4.69) is 44.2 Å². The van der Waals surface area contributed by atoms with Gasteiger partial charge in [0.25, 0.3) is 0 Å². The van der Waals surface area contributed by atoms with Crippen LogP contribution in [0.1, 0.15) is 42.1 Å². The van der Waals surface area contributed by atoms with E-state index in [1.807, 2.05) is 30.5 Å². The van der Waals surface area contributed by atoms with Crippen LogP contribution in [0.4, 0.5) is 0 Å². The highest BCUT2D eigenvalue weighted by Crippen LogP contribution is 2.39. The Morgan fingerprint density at radius 3 is 2.90 bits per heavy atom. The summed E-state index contributed by atoms with van der Waals surface area (Å²) >= 11 is 5.74. The second kappa shape index (κ2) is 8.00. The Morgan fingerprint density at radius 2 is 2.14 bits per heavy atom. The van der Waals surface area contributed by atoms with Crippen molar-refractivity contribution in [3.05, 3.63) is 78.3 Å². The number of nitrogens with zero attached hydrogens (tertiary/aromatic N) is 3. The van der Waals surface area contributed by atoms with Crippen LogP contribution < -0.4 is 5.32 Å². The first-order valence-electron chi connectivity index (χ1n) is 10.1. The third kappa shape index (κ3) is 3.68. The zero-order chi connectivity index (χ0) is 19.6. The van der Waals surface area contributed by atoms with Crippen molar-refractivity contribution < 1.29 is 9.15 Å². The minimum absolute atomic E-state index is 0.0129. The molecule has 3 atom stereocenters. The number of rotatable bonds is 6. The van der Waals surface area contributed by atoms with Gasteiger partial charge in [0.05, 0.1) is 36.7 Å². The average molecular weight is 409 g/mol. The van der Waals surface area contributed by atoms with Crippen LogP contribution in [0.5, 0.6) is 0 Å². The predicted octanol–water partition coefficient (Wildman–Crippen LogP) is 3.83. The molecule has 7 heteroatoms. The maximum atomic E-state index is 5.89. The first kappa shape index (κ1) is 18.4. The minimum atomic E-state index is -0.0307. The second-order valence-electron chi connectivity index (χ2n) is 7.55. The fourth-order valence-electron chi connectivity index (χ4n) is 4.34. The Labute approximate surface area is 175 Å². The van der Waals surface area contributed by atoms with Gasteiger partial charge in [0.15, 0.2) is 5.11 Å². The van der Waals surface area contributed by atoms with E-state index in [0.29, 0.717) is 11.7 Å². The van der Waals surface area contributed by atoms with E-state index in [-0.39, 0.29) is 18.2 Å². The van der Waals surface area contributed by atoms with Gasteiger partial charge < -0.3 is 23.9 Å². The van der Waals surface area contributed by atoms with Gasteiger partial charge in [-0.15, -0.1) is 0 Å². The van der Waals surface area contributed by atoms with E-state index < -0.39 is 0 Å². The van der Waals surface area contributed by atoms with Crippen molar-refractivity contribution in [1.82, 2.24) is 19.8 Å². The molecule has 2 fully saturated rings. The van der Waals surface area contributed by atoms with Crippen molar-refractivity contribution in [2.75, 3.05) is 6.61 Å². The first-order chi connectivity index (χ1) is 14.3. The number of nitrogens with one attached hydrogen (secondary N) is 1. The van der Waals surface area contributed by atoms with Gasteiger partial charge in [-0.1, -0.05) is 6.07 Å². The zero-order valence-electron chi connectivity index (χ0n) is 16.1. The van der Waals surface area contributed by atoms with E-state index in [0.717, 1.165) is 37.4 Å². The Hall–Kier alpha value is -2.64. The molecule has 0 bridgehead atoms. The van der Waals surface area contributed by atoms with Crippen LogP contribution in [0.2, 0.25) is 0 Å². The van der Waals surface area contributed by atoms with Crippen LogP contribution in [0.15, 0.2) is 65.5 Å². The third-order valence-electron chi connectivity index (χ3n) is 5.70. The molecule has 3 aromatic heterocycles. The molecule has 0 unspecified atom stereocenters. The molecule has 0 aliphatic carbocycles. The van der Waals surface area contributed by atoms with Crippen molar-refractivity contribution >= 4 is 17.3 Å². The highest BCUT2D eigenvalue weighted by atomic mass is 32.1. The summed E-state index contributed by atoms with van der Waals surface area (Å²) in [6, 6.07) is 14.2. The summed E-state index contributed by atoms with van der Waals surface area (Å²) in [6.07, 6.45) is 8.19. The Morgan fingerprint density at radius 1 is 1.17 bits per heavy atom. The summed E-state index contributed by atoms with van der Waals surface area (Å²) in [5.74, 6) is 0.887. The first-order valence-corrected chi connectivity index (χ1v) is 10.5. The lowest BCUT2D eigenvalue weighted by Gasteiger charge is -2.28. The Kier molecular flexibility index (Phi) is 5.08. The van der Waals surface area contributed by atoms with Crippen LogP contribution in [0, 0.1) is 0 Å². The predicted molar refractivity (Wildman–Crippen MR) is 113 cm³/mol. The van der Waals surface area contributed by atoms with E-state index in [9.17, 15) is 0 Å². The number of aromatic nitrogens is 2. The maximum absolute atomic E-state index is 5.89. The summed E-state index contributed by atoms with van der Waals surface area (Å²) in [7, 11) is 0. The SMILES string of the molecule is S=C1N[C@H](c2ccccn2)[C@H](c2cccn2C[C@H]2CCCO2)N1Cc1ccco1. The molecule has 0 aromatic carbocycles. The molecule has 2 aliphatic rings. The topological polar surface area (TPSA) is 55.5 Å². The van der Waals surface area contributed by atoms with Crippen molar-refractivity contribution in [2.24, 2.45) is 0 Å². The number of furan rings is 1. The van der Waals surface area contributed by atoms with Crippen LogP contribution >= 0.6 is 12.2 Å². The molecular formula is C22H24N4O2S. The van der Waals surface area contributed by atoms with Crippen LogP contribution in [-0.4, -0.2) is 32.3 Å². The van der Waals surface area contributed by atoms with Crippen molar-refractivity contribution in [3.8, 4) is 0 Å². The summed E-state index contributed by atoms with van der Waals surface area (Å²) in [6.45, 7) is 2.32. The molecule has 5 rings (SSSR count). The molecule has 0 saturated carbocycles. The molecule has 29 heavy (non-hydrogen) atoms. The molecule has 1 N–H and O–H groups in total. The largest absolute Gasteiger partial charge is 0.467 e. The fraction of sp³-hybridized carbons (Fsp3) is 0.364. The molecular weight excluding hydrogens is 384 g/mol. The average Bonchev–Trinajstić information content (AvgIpc) is 3.53. The molecule has 0 radical (unpaired) electrons. The summed E-state index contributed by atoms with van der Waals surface area (Å²) in [4.78, 5) is 6.82. The third-order valence-corrected chi connectivity index (χ3v) is 6.05. The smallest absolute Gasteiger partial charge is 0.170 e. The monoisotopic (exact) mass is 408 g/mol. The van der Waals surface area contributed by atoms with E-state index in [1.165, 1.54) is 5.69 Å². The zero-order valence-corrected chi connectivity index (χ0v) is 16.9. The van der Waals surface area contributed by atoms with Crippen LogP contribution in [-0.2, 0) is 17.8 Å². The van der Waals surface area contributed by atoms with Crippen molar-refractivity contribution in [2.45, 2.75) is 44.1 Å². The lowest BCUT2D eigenvalue weighted by atomic mass is 10.0. The summed E-state index contributed by atoms with van der Waals surface area (Å²) < 4.78 is 13.8. The fourth-order valence-corrected chi connectivity index (χ4v) is 4.64. The highest BCUT2D eigenvalue weighted by Gasteiger charge is 2.41. The van der Waals surface area contributed by atoms with Gasteiger partial charge in [-0.2, -0.15) is 0 Å². The van der Waals surface area contributed by atoms with Crippen LogP contribution in [0.25, 0.3) is 0 Å². The molecule has 2 aliphatic heterocycles. The van der Waals surface area contributed by atoms with Crippen LogP contribution in [0.3, 0.4) is 0 Å². The molecule has 3 aromatic rings. The van der Waals surface area contributed by atoms with Gasteiger partial charge in [-0.3, -0.25) is 4.98 Å². The Balaban J connectivity index is 1.51. The number of hydrogen-bond acceptors (Lipinski definition) is 4. The lowest BCUT2D eigenvalue weighted by molar-refractivity contribution is 0.0952. The number of pyridine rings is 1. The minimum Gasteiger partial charge on any atom is -0.467 e. The number of ether oxygens (including phenoxy) is 1. The van der Waals surface area contributed by atoms with Gasteiger partial charge in [-0.25, -0.2) is 0 Å². The summed E-state index contributed by atoms with van der Waals surface area (Å²) in [5.41, 5.74) is 2.18. The number of hydrogen-bond donors (Lipinski definition) is 1. The van der Waals surface area contributed by atoms with Gasteiger partial charge in [0.2, 0.25) is 0 Å². The van der Waals surface area contributed by atoms with Crippen molar-refractivity contribution in [3.63, 3.8) is 0 Å². The van der Waals surface area contributed by atoms with Gasteiger partial charge in [-0.05, 0) is 61.5 Å². The normalized spacial score (nSPS) is 24.2. The summed E-state index contributed by atoms with van der Waals surface area (Å²) in [5, 5.41) is 4.22. The molecule has 6 nitrogen and oxygen atoms in total. The standard InChI is InChI=1S/C22H24N4O2S/c29-22-24-20(18-8-1-2-10-23-18)21(26(22)15-17-7-5-13-28-17)19-9-3-11-25(19)14-16-6-4-12-27-16/h1-3,5,7-11,13,16,20-21H,4,6,12,14-15H2,(H,24,29)/t16-,20-,21+/m1/s1.